The summed E-state index contributed by atoms with van der Waals surface area (Å²) in [6, 6.07) is 17.7. The number of fused-ring (bicyclic) bond motifs is 1. The average molecular weight is 482 g/mol. The van der Waals surface area contributed by atoms with Crippen LogP contribution in [0.15, 0.2) is 75.4 Å². The zero-order valence-electron chi connectivity index (χ0n) is 18.4. The van der Waals surface area contributed by atoms with E-state index >= 15 is 0 Å². The lowest BCUT2D eigenvalue weighted by atomic mass is 10.1. The molecule has 3 aromatic rings. The molecule has 0 atom stereocenters. The van der Waals surface area contributed by atoms with Crippen molar-refractivity contribution < 1.29 is 22.7 Å². The fourth-order valence-corrected chi connectivity index (χ4v) is 5.95. The van der Waals surface area contributed by atoms with Gasteiger partial charge in [-0.25, -0.2) is 8.42 Å². The van der Waals surface area contributed by atoms with Crippen molar-refractivity contribution in [3.8, 4) is 11.5 Å². The van der Waals surface area contributed by atoms with Crippen LogP contribution >= 0.6 is 11.8 Å². The summed E-state index contributed by atoms with van der Waals surface area (Å²) in [4.78, 5) is 13.9. The summed E-state index contributed by atoms with van der Waals surface area (Å²) >= 11 is 1.25. The van der Waals surface area contributed by atoms with E-state index in [1.54, 1.807) is 36.4 Å². The second-order valence-electron chi connectivity index (χ2n) is 7.53. The van der Waals surface area contributed by atoms with Gasteiger partial charge in [0.05, 0.1) is 41.0 Å². The summed E-state index contributed by atoms with van der Waals surface area (Å²) in [7, 11) is -0.730. The van der Waals surface area contributed by atoms with Gasteiger partial charge in [-0.1, -0.05) is 47.7 Å². The van der Waals surface area contributed by atoms with Gasteiger partial charge >= 0.3 is 0 Å². The SMILES string of the molecule is COc1cccc(OC)c1CS(=O)(=O)c1ccc2c(c1)S/C(=C\c1ccc(C)cc1)C(=O)N2. The first-order valence-electron chi connectivity index (χ1n) is 10.1. The number of anilines is 1. The topological polar surface area (TPSA) is 81.7 Å². The number of hydrogen-bond donors (Lipinski definition) is 1. The molecule has 1 aliphatic rings. The van der Waals surface area contributed by atoms with Crippen molar-refractivity contribution in [3.63, 3.8) is 0 Å². The van der Waals surface area contributed by atoms with Crippen LogP contribution in [0, 0.1) is 6.92 Å². The van der Waals surface area contributed by atoms with Gasteiger partial charge in [0.25, 0.3) is 5.91 Å². The molecule has 6 nitrogen and oxygen atoms in total. The quantitative estimate of drug-likeness (QED) is 0.495. The van der Waals surface area contributed by atoms with Crippen molar-refractivity contribution in [3.05, 3.63) is 82.3 Å². The molecule has 0 bridgehead atoms. The minimum Gasteiger partial charge on any atom is -0.496 e. The third-order valence-electron chi connectivity index (χ3n) is 5.24. The van der Waals surface area contributed by atoms with E-state index in [0.717, 1.165) is 11.1 Å². The third-order valence-corrected chi connectivity index (χ3v) is 7.97. The van der Waals surface area contributed by atoms with Gasteiger partial charge in [-0.3, -0.25) is 4.79 Å². The van der Waals surface area contributed by atoms with Crippen LogP contribution in [0.3, 0.4) is 0 Å². The smallest absolute Gasteiger partial charge is 0.262 e. The van der Waals surface area contributed by atoms with Crippen LogP contribution in [-0.2, 0) is 20.4 Å². The number of aryl methyl sites for hydroxylation is 1. The third kappa shape index (κ3) is 4.91. The summed E-state index contributed by atoms with van der Waals surface area (Å²) in [6.45, 7) is 2.00. The molecule has 33 heavy (non-hydrogen) atoms. The first-order valence-corrected chi connectivity index (χ1v) is 12.6. The monoisotopic (exact) mass is 481 g/mol. The minimum absolute atomic E-state index is 0.160. The molecule has 170 valence electrons. The Morgan fingerprint density at radius 3 is 2.27 bits per heavy atom. The van der Waals surface area contributed by atoms with Crippen molar-refractivity contribution in [2.75, 3.05) is 19.5 Å². The Labute approximate surface area is 197 Å². The number of sulfone groups is 1. The molecular formula is C25H23NO5S2. The number of amides is 1. The van der Waals surface area contributed by atoms with Gasteiger partial charge in [0, 0.05) is 4.90 Å². The number of nitrogens with one attached hydrogen (secondary N) is 1. The lowest BCUT2D eigenvalue weighted by Crippen LogP contribution is -2.17. The van der Waals surface area contributed by atoms with Crippen molar-refractivity contribution in [1.29, 1.82) is 0 Å². The van der Waals surface area contributed by atoms with Gasteiger partial charge in [0.1, 0.15) is 11.5 Å². The van der Waals surface area contributed by atoms with Crippen LogP contribution in [0.4, 0.5) is 5.69 Å². The highest BCUT2D eigenvalue weighted by Crippen LogP contribution is 2.41. The zero-order chi connectivity index (χ0) is 23.6. The molecule has 0 saturated heterocycles. The molecule has 0 aromatic heterocycles. The molecule has 1 N–H and O–H groups in total. The summed E-state index contributed by atoms with van der Waals surface area (Å²) < 4.78 is 37.2. The number of methoxy groups -OCH3 is 2. The van der Waals surface area contributed by atoms with Crippen molar-refractivity contribution in [2.24, 2.45) is 0 Å². The first-order chi connectivity index (χ1) is 15.8. The Kier molecular flexibility index (Phi) is 6.49. The van der Waals surface area contributed by atoms with E-state index in [-0.39, 0.29) is 16.6 Å². The number of thioether (sulfide) groups is 1. The molecule has 3 aromatic carbocycles. The van der Waals surface area contributed by atoms with Crippen LogP contribution in [0.1, 0.15) is 16.7 Å². The first kappa shape index (κ1) is 22.9. The molecule has 0 fully saturated rings. The van der Waals surface area contributed by atoms with Crippen molar-refractivity contribution in [2.45, 2.75) is 22.5 Å². The molecule has 0 radical (unpaired) electrons. The van der Waals surface area contributed by atoms with E-state index in [1.165, 1.54) is 32.0 Å². The molecule has 1 amide bonds. The Bertz CT molecular complexity index is 1320. The number of hydrogen-bond acceptors (Lipinski definition) is 6. The lowest BCUT2D eigenvalue weighted by Gasteiger charge is -2.20. The average Bonchev–Trinajstić information content (AvgIpc) is 2.80. The maximum absolute atomic E-state index is 13.3. The van der Waals surface area contributed by atoms with Gasteiger partial charge in [-0.15, -0.1) is 0 Å². The maximum atomic E-state index is 13.3. The summed E-state index contributed by atoms with van der Waals surface area (Å²) in [5.74, 6) is 0.395. The van der Waals surface area contributed by atoms with E-state index < -0.39 is 9.84 Å². The maximum Gasteiger partial charge on any atom is 0.262 e. The number of carbonyl (C=O) groups is 1. The summed E-state index contributed by atoms with van der Waals surface area (Å²) in [5, 5.41) is 2.84. The standard InChI is InChI=1S/C25H23NO5S2/c1-16-7-9-17(10-8-16)13-24-25(27)26-20-12-11-18(14-23(20)32-24)33(28,29)15-19-21(30-2)5-4-6-22(19)31-3/h4-14H,15H2,1-3H3,(H,26,27)/b24-13-. The molecule has 1 heterocycles. The fourth-order valence-electron chi connectivity index (χ4n) is 3.49. The van der Waals surface area contributed by atoms with Crippen molar-refractivity contribution >= 4 is 39.3 Å². The van der Waals surface area contributed by atoms with Crippen LogP contribution in [-0.4, -0.2) is 28.5 Å². The van der Waals surface area contributed by atoms with Crippen LogP contribution in [0.2, 0.25) is 0 Å². The predicted molar refractivity (Wildman–Crippen MR) is 131 cm³/mol. The molecule has 4 rings (SSSR count). The predicted octanol–water partition coefficient (Wildman–Crippen LogP) is 5.07. The molecule has 0 unspecified atom stereocenters. The molecule has 8 heteroatoms. The number of benzene rings is 3. The van der Waals surface area contributed by atoms with Gasteiger partial charge in [-0.05, 0) is 48.9 Å². The number of rotatable bonds is 6. The molecule has 0 saturated carbocycles. The molecule has 0 aliphatic carbocycles. The van der Waals surface area contributed by atoms with Gasteiger partial charge in [0.15, 0.2) is 9.84 Å². The van der Waals surface area contributed by atoms with Crippen molar-refractivity contribution in [1.82, 2.24) is 0 Å². The van der Waals surface area contributed by atoms with E-state index in [9.17, 15) is 13.2 Å². The second-order valence-corrected chi connectivity index (χ2v) is 10.6. The summed E-state index contributed by atoms with van der Waals surface area (Å²) in [5.41, 5.74) is 3.07. The normalized spacial score (nSPS) is 14.5. The molecular weight excluding hydrogens is 458 g/mol. The van der Waals surface area contributed by atoms with E-state index in [1.807, 2.05) is 31.2 Å². The van der Waals surface area contributed by atoms with Gasteiger partial charge in [-0.2, -0.15) is 0 Å². The minimum atomic E-state index is -3.71. The Balaban J connectivity index is 1.66. The summed E-state index contributed by atoms with van der Waals surface area (Å²) in [6.07, 6.45) is 1.79. The lowest BCUT2D eigenvalue weighted by molar-refractivity contribution is -0.112. The highest BCUT2D eigenvalue weighted by molar-refractivity contribution is 8.04. The molecule has 0 spiro atoms. The van der Waals surface area contributed by atoms with Gasteiger partial charge in [0.2, 0.25) is 0 Å². The number of ether oxygens (including phenoxy) is 2. The Morgan fingerprint density at radius 1 is 0.970 bits per heavy atom. The Morgan fingerprint density at radius 2 is 1.64 bits per heavy atom. The zero-order valence-corrected chi connectivity index (χ0v) is 20.0. The van der Waals surface area contributed by atoms with E-state index in [0.29, 0.717) is 32.6 Å². The highest BCUT2D eigenvalue weighted by atomic mass is 32.2. The van der Waals surface area contributed by atoms with E-state index in [4.69, 9.17) is 9.47 Å². The molecule has 1 aliphatic heterocycles. The van der Waals surface area contributed by atoms with E-state index in [2.05, 4.69) is 5.32 Å². The largest absolute Gasteiger partial charge is 0.496 e. The van der Waals surface area contributed by atoms with Gasteiger partial charge < -0.3 is 14.8 Å². The number of carbonyl (C=O) groups excluding carboxylic acids is 1. The van der Waals surface area contributed by atoms with Crippen LogP contribution in [0.5, 0.6) is 11.5 Å². The van der Waals surface area contributed by atoms with Crippen LogP contribution < -0.4 is 14.8 Å². The second kappa shape index (κ2) is 9.33. The fraction of sp³-hybridized carbons (Fsp3) is 0.160. The highest BCUT2D eigenvalue weighted by Gasteiger charge is 2.26. The Hall–Kier alpha value is -3.23. The van der Waals surface area contributed by atoms with Crippen LogP contribution in [0.25, 0.3) is 6.08 Å².